The van der Waals surface area contributed by atoms with E-state index < -0.39 is 23.3 Å². The Morgan fingerprint density at radius 2 is 1.78 bits per heavy atom. The van der Waals surface area contributed by atoms with Crippen LogP contribution in [0.1, 0.15) is 98.9 Å². The molecule has 1 aromatic heterocycles. The molecule has 3 heterocycles. The zero-order valence-corrected chi connectivity index (χ0v) is 35.0. The van der Waals surface area contributed by atoms with Crippen molar-refractivity contribution in [1.82, 2.24) is 9.88 Å². The molecule has 3 aromatic rings. The van der Waals surface area contributed by atoms with E-state index in [-0.39, 0.29) is 56.7 Å². The molecule has 2 N–H and O–H groups in total. The Morgan fingerprint density at radius 1 is 1.02 bits per heavy atom. The van der Waals surface area contributed by atoms with Crippen LogP contribution >= 0.6 is 0 Å². The van der Waals surface area contributed by atoms with Crippen LogP contribution in [0.4, 0.5) is 0 Å². The maximum absolute atomic E-state index is 14.7. The number of aliphatic hydroxyl groups excluding tert-OH is 2. The average molecular weight is 810 g/mol. The number of aromatic nitrogens is 1. The number of fused-ring (bicyclic) bond motifs is 3. The lowest BCUT2D eigenvalue weighted by Gasteiger charge is -2.59. The van der Waals surface area contributed by atoms with E-state index >= 15 is 0 Å². The van der Waals surface area contributed by atoms with Crippen molar-refractivity contribution in [2.45, 2.75) is 103 Å². The van der Waals surface area contributed by atoms with E-state index in [1.54, 1.807) is 36.2 Å². The smallest absolute Gasteiger partial charge is 0.254 e. The summed E-state index contributed by atoms with van der Waals surface area (Å²) >= 11 is 0. The summed E-state index contributed by atoms with van der Waals surface area (Å²) in [5.74, 6) is 0.384. The molecule has 0 bridgehead atoms. The summed E-state index contributed by atoms with van der Waals surface area (Å²) in [4.78, 5) is 27.3. The molecule has 0 saturated heterocycles. The lowest BCUT2D eigenvalue weighted by Crippen LogP contribution is -2.69. The van der Waals surface area contributed by atoms with Crippen LogP contribution in [0.15, 0.2) is 84.1 Å². The first kappa shape index (κ1) is 42.2. The third kappa shape index (κ3) is 9.00. The molecule has 4 aliphatic rings. The maximum atomic E-state index is 14.7. The number of pyridine rings is 1. The number of amides is 1. The number of ether oxygens (including phenoxy) is 5. The number of likely N-dealkylation sites (N-methyl/N-ethyl adjacent to an activating group) is 1. The van der Waals surface area contributed by atoms with Crippen LogP contribution in [0.3, 0.4) is 0 Å². The highest BCUT2D eigenvalue weighted by molar-refractivity contribution is 6.03. The Morgan fingerprint density at radius 3 is 2.53 bits per heavy atom. The van der Waals surface area contributed by atoms with E-state index in [2.05, 4.69) is 23.7 Å². The third-order valence-electron chi connectivity index (χ3n) is 11.8. The van der Waals surface area contributed by atoms with Gasteiger partial charge in [0.1, 0.15) is 29.7 Å². The minimum absolute atomic E-state index is 0.0791. The second kappa shape index (κ2) is 18.1. The van der Waals surface area contributed by atoms with Gasteiger partial charge in [0.15, 0.2) is 11.5 Å². The first-order chi connectivity index (χ1) is 28.5. The molecule has 1 saturated carbocycles. The second-order valence-electron chi connectivity index (χ2n) is 17.0. The Bertz CT molecular complexity index is 2040. The Hall–Kier alpha value is -4.91. The minimum atomic E-state index is -1.38. The molecule has 0 radical (unpaired) electrons. The molecule has 59 heavy (non-hydrogen) atoms. The van der Waals surface area contributed by atoms with Crippen molar-refractivity contribution in [3.05, 3.63) is 101 Å². The van der Waals surface area contributed by atoms with Gasteiger partial charge < -0.3 is 43.6 Å². The number of hydrogen-bond donors (Lipinski definition) is 2. The van der Waals surface area contributed by atoms with E-state index in [0.717, 1.165) is 53.9 Å². The fourth-order valence-corrected chi connectivity index (χ4v) is 9.22. The number of carbonyl (C=O) groups is 1. The molecule has 1 fully saturated rings. The van der Waals surface area contributed by atoms with Gasteiger partial charge in [0.05, 0.1) is 23.9 Å². The van der Waals surface area contributed by atoms with Crippen molar-refractivity contribution in [3.63, 3.8) is 0 Å². The monoisotopic (exact) mass is 809 g/mol. The third-order valence-corrected chi connectivity index (χ3v) is 11.8. The number of rotatable bonds is 17. The highest BCUT2D eigenvalue weighted by atomic mass is 16.7. The van der Waals surface area contributed by atoms with Gasteiger partial charge >= 0.3 is 0 Å². The normalized spacial score (nSPS) is 24.7. The molecule has 6 atom stereocenters. The van der Waals surface area contributed by atoms with Gasteiger partial charge in [-0.15, -0.1) is 6.58 Å². The number of unbranched alkanes of at least 4 members (excludes halogenated alkanes) is 2. The predicted molar refractivity (Wildman–Crippen MR) is 224 cm³/mol. The van der Waals surface area contributed by atoms with Crippen molar-refractivity contribution < 1.29 is 43.5 Å². The molecule has 2 aromatic carbocycles. The zero-order chi connectivity index (χ0) is 41.7. The molecular formula is C47H59N3O9. The number of benzene rings is 2. The summed E-state index contributed by atoms with van der Waals surface area (Å²) in [6.07, 6.45) is 9.03. The van der Waals surface area contributed by atoms with E-state index in [1.807, 2.05) is 58.0 Å². The van der Waals surface area contributed by atoms with Crippen molar-refractivity contribution in [2.75, 3.05) is 33.7 Å². The lowest BCUT2D eigenvalue weighted by atomic mass is 9.55. The first-order valence-corrected chi connectivity index (χ1v) is 20.9. The number of allylic oxidation sites excluding steroid dienone is 1. The van der Waals surface area contributed by atoms with E-state index in [1.165, 1.54) is 0 Å². The molecule has 12 heteroatoms. The van der Waals surface area contributed by atoms with Crippen LogP contribution in [0.2, 0.25) is 0 Å². The number of nitrogens with zero attached hydrogens (tertiary/aromatic N) is 3. The van der Waals surface area contributed by atoms with Gasteiger partial charge in [-0.25, -0.2) is 0 Å². The molecule has 6 unspecified atom stereocenters. The Kier molecular flexibility index (Phi) is 13.0. The fraction of sp³-hybridized carbons (Fsp3) is 0.511. The quantitative estimate of drug-likeness (QED) is 0.0786. The fourth-order valence-electron chi connectivity index (χ4n) is 9.22. The van der Waals surface area contributed by atoms with Gasteiger partial charge in [-0.1, -0.05) is 36.2 Å². The Labute approximate surface area is 347 Å². The summed E-state index contributed by atoms with van der Waals surface area (Å²) in [7, 11) is 1.79. The van der Waals surface area contributed by atoms with E-state index in [9.17, 15) is 15.0 Å². The van der Waals surface area contributed by atoms with Crippen molar-refractivity contribution in [2.24, 2.45) is 22.9 Å². The average Bonchev–Trinajstić information content (AvgIpc) is 3.70. The van der Waals surface area contributed by atoms with E-state index in [0.29, 0.717) is 48.0 Å². The number of carbonyl (C=O) groups excluding carboxylic acids is 1. The van der Waals surface area contributed by atoms with Gasteiger partial charge in [-0.3, -0.25) is 9.78 Å². The van der Waals surface area contributed by atoms with Gasteiger partial charge in [-0.2, -0.15) is 0 Å². The number of oxime groups is 1. The summed E-state index contributed by atoms with van der Waals surface area (Å²) in [6, 6.07) is 16.4. The highest BCUT2D eigenvalue weighted by Crippen LogP contribution is 2.62. The summed E-state index contributed by atoms with van der Waals surface area (Å²) < 4.78 is 32.0. The molecule has 316 valence electrons. The summed E-state index contributed by atoms with van der Waals surface area (Å²) in [5, 5.41) is 24.7. The Balaban J connectivity index is 1.40. The van der Waals surface area contributed by atoms with Gasteiger partial charge in [0, 0.05) is 49.4 Å². The van der Waals surface area contributed by atoms with Crippen LogP contribution in [0.5, 0.6) is 23.0 Å². The second-order valence-corrected chi connectivity index (χ2v) is 17.0. The molecule has 12 nitrogen and oxygen atoms in total. The van der Waals surface area contributed by atoms with Crippen LogP contribution in [-0.4, -0.2) is 82.8 Å². The van der Waals surface area contributed by atoms with Crippen molar-refractivity contribution in [3.8, 4) is 23.0 Å². The SMILES string of the molecule is C=CCOC12Oc3ccc(OCc4cccc(C)n4)cc3C3C(CCCCO)C(CCCCO)C=C(C(=NOC(C)(C)C)CC1N(C)C(=O)c1ccc4c(c1)OCO4)C32. The lowest BCUT2D eigenvalue weighted by molar-refractivity contribution is -0.252. The molecular weight excluding hydrogens is 751 g/mol. The molecule has 1 amide bonds. The molecule has 0 spiro atoms. The van der Waals surface area contributed by atoms with E-state index in [4.69, 9.17) is 33.7 Å². The predicted octanol–water partition coefficient (Wildman–Crippen LogP) is 7.90. The van der Waals surface area contributed by atoms with Crippen LogP contribution in [0, 0.1) is 24.7 Å². The van der Waals surface area contributed by atoms with Gasteiger partial charge in [0.2, 0.25) is 12.6 Å². The van der Waals surface area contributed by atoms with Gasteiger partial charge in [-0.05, 0) is 119 Å². The van der Waals surface area contributed by atoms with Crippen molar-refractivity contribution in [1.29, 1.82) is 0 Å². The highest BCUT2D eigenvalue weighted by Gasteiger charge is 2.65. The number of aryl methyl sites for hydroxylation is 1. The topological polar surface area (TPSA) is 141 Å². The minimum Gasteiger partial charge on any atom is -0.487 e. The molecule has 2 aliphatic heterocycles. The van der Waals surface area contributed by atoms with Crippen LogP contribution in [-0.2, 0) is 16.2 Å². The summed E-state index contributed by atoms with van der Waals surface area (Å²) in [5.41, 5.74) is 4.28. The largest absolute Gasteiger partial charge is 0.487 e. The zero-order valence-electron chi connectivity index (χ0n) is 35.0. The van der Waals surface area contributed by atoms with Gasteiger partial charge in [0.25, 0.3) is 5.91 Å². The number of aliphatic hydroxyl groups is 2. The van der Waals surface area contributed by atoms with Crippen LogP contribution < -0.4 is 18.9 Å². The molecule has 7 rings (SSSR count). The van der Waals surface area contributed by atoms with Crippen molar-refractivity contribution >= 4 is 11.6 Å². The molecule has 2 aliphatic carbocycles. The first-order valence-electron chi connectivity index (χ1n) is 20.9. The summed E-state index contributed by atoms with van der Waals surface area (Å²) in [6.45, 7) is 12.7. The standard InChI is InChI=1S/C47H59N3O9/c1-7-23-57-47-42(50(6)45(53)32-17-19-40-41(25-32)56-29-55-40)27-38(49-59-46(3,4)5)36-24-31(14-8-10-21-51)35(16-9-11-22-52)43(44(36)47)37-26-34(18-20-39(37)58-47)54-28-33-15-12-13-30(2)48-33/h7,12-13,15,17-20,24-26,31,35,42-44,51-52H,1,8-11,14,16,21-23,27-29H2,2-6H3. The maximum Gasteiger partial charge on any atom is 0.254 e. The number of hydrogen-bond acceptors (Lipinski definition) is 11. The van der Waals surface area contributed by atoms with Crippen LogP contribution in [0.25, 0.3) is 0 Å².